The van der Waals surface area contributed by atoms with Crippen LogP contribution in [-0.4, -0.2) is 26.9 Å². The number of amides is 1. The summed E-state index contributed by atoms with van der Waals surface area (Å²) in [5.74, 6) is -0.604. The van der Waals surface area contributed by atoms with Gasteiger partial charge in [-0.25, -0.2) is 4.98 Å². The molecular formula is C17H15Cl2N3O3S. The van der Waals surface area contributed by atoms with Crippen molar-refractivity contribution in [1.82, 2.24) is 14.7 Å². The Balaban J connectivity index is 1.80. The van der Waals surface area contributed by atoms with Crippen molar-refractivity contribution in [2.24, 2.45) is 0 Å². The molecule has 0 unspecified atom stereocenters. The van der Waals surface area contributed by atoms with E-state index in [4.69, 9.17) is 23.2 Å². The summed E-state index contributed by atoms with van der Waals surface area (Å²) in [6, 6.07) is 4.67. The van der Waals surface area contributed by atoms with Crippen LogP contribution in [0.25, 0.3) is 4.96 Å². The number of carbonyl (C=O) groups is 1. The molecule has 0 saturated carbocycles. The highest BCUT2D eigenvalue weighted by atomic mass is 35.5. The first-order valence-electron chi connectivity index (χ1n) is 7.68. The van der Waals surface area contributed by atoms with Crippen molar-refractivity contribution in [3.8, 4) is 0 Å². The lowest BCUT2D eigenvalue weighted by molar-refractivity contribution is 0.0914. The molecule has 2 heterocycles. The van der Waals surface area contributed by atoms with Crippen molar-refractivity contribution in [3.05, 3.63) is 66.5 Å². The Morgan fingerprint density at radius 2 is 1.96 bits per heavy atom. The zero-order valence-corrected chi connectivity index (χ0v) is 16.2. The maximum absolute atomic E-state index is 12.6. The van der Waals surface area contributed by atoms with E-state index in [1.165, 1.54) is 21.9 Å². The van der Waals surface area contributed by atoms with Gasteiger partial charge in [0.05, 0.1) is 6.10 Å². The molecule has 6 nitrogen and oxygen atoms in total. The van der Waals surface area contributed by atoms with Gasteiger partial charge in [-0.1, -0.05) is 23.2 Å². The first-order chi connectivity index (χ1) is 12.3. The van der Waals surface area contributed by atoms with Gasteiger partial charge < -0.3 is 10.4 Å². The lowest BCUT2D eigenvalue weighted by Crippen LogP contribution is -2.34. The van der Waals surface area contributed by atoms with Crippen LogP contribution in [0.2, 0.25) is 10.0 Å². The van der Waals surface area contributed by atoms with Crippen LogP contribution in [0.3, 0.4) is 0 Å². The molecule has 0 fully saturated rings. The molecule has 26 heavy (non-hydrogen) atoms. The predicted molar refractivity (Wildman–Crippen MR) is 103 cm³/mol. The number of halogens is 2. The number of hydrogen-bond donors (Lipinski definition) is 2. The molecule has 1 aromatic carbocycles. The molecule has 2 N–H and O–H groups in total. The zero-order chi connectivity index (χ0) is 19.0. The van der Waals surface area contributed by atoms with E-state index in [0.29, 0.717) is 20.6 Å². The maximum Gasteiger partial charge on any atom is 0.271 e. The second kappa shape index (κ2) is 7.36. The van der Waals surface area contributed by atoms with E-state index in [1.807, 2.05) is 6.92 Å². The number of nitrogens with one attached hydrogen (secondary N) is 1. The Kier molecular flexibility index (Phi) is 5.34. The summed E-state index contributed by atoms with van der Waals surface area (Å²) in [6.07, 6.45) is 0.241. The third-order valence-electron chi connectivity index (χ3n) is 3.99. The van der Waals surface area contributed by atoms with Crippen LogP contribution in [-0.2, 0) is 0 Å². The summed E-state index contributed by atoms with van der Waals surface area (Å²) in [5.41, 5.74) is 0.706. The highest BCUT2D eigenvalue weighted by Crippen LogP contribution is 2.23. The number of nitrogens with zero attached hydrogens (tertiary/aromatic N) is 2. The second-order valence-electron chi connectivity index (χ2n) is 5.77. The topological polar surface area (TPSA) is 83.7 Å². The predicted octanol–water partition coefficient (Wildman–Crippen LogP) is 3.14. The van der Waals surface area contributed by atoms with Crippen molar-refractivity contribution in [2.75, 3.05) is 6.54 Å². The fourth-order valence-corrected chi connectivity index (χ4v) is 3.97. The van der Waals surface area contributed by atoms with Crippen LogP contribution < -0.4 is 10.9 Å². The van der Waals surface area contributed by atoms with Gasteiger partial charge in [-0.3, -0.25) is 14.0 Å². The molecule has 1 atom stereocenters. The number of aliphatic hydroxyl groups is 1. The average Bonchev–Trinajstić information content (AvgIpc) is 2.87. The molecule has 0 radical (unpaired) electrons. The third kappa shape index (κ3) is 3.61. The molecule has 0 saturated heterocycles. The van der Waals surface area contributed by atoms with Gasteiger partial charge in [0.1, 0.15) is 5.56 Å². The van der Waals surface area contributed by atoms with E-state index in [0.717, 1.165) is 10.6 Å². The minimum Gasteiger partial charge on any atom is -0.387 e. The van der Waals surface area contributed by atoms with Crippen molar-refractivity contribution < 1.29 is 9.90 Å². The standard InChI is InChI=1S/C17H15Cl2N3O3S/c1-8-9(2)26-17-21-6-13(16(25)22(8)17)15(24)20-7-14(23)10-3-11(18)5-12(19)4-10/h3-6,14,23H,7H2,1-2H3,(H,20,24)/t14-/m0/s1. The summed E-state index contributed by atoms with van der Waals surface area (Å²) in [6.45, 7) is 3.59. The second-order valence-corrected chi connectivity index (χ2v) is 7.82. The quantitative estimate of drug-likeness (QED) is 0.690. The Labute approximate surface area is 163 Å². The normalized spacial score (nSPS) is 12.3. The minimum absolute atomic E-state index is 0.0836. The van der Waals surface area contributed by atoms with Crippen molar-refractivity contribution in [1.29, 1.82) is 0 Å². The van der Waals surface area contributed by atoms with Crippen LogP contribution >= 0.6 is 34.5 Å². The Hall–Kier alpha value is -1.93. The monoisotopic (exact) mass is 411 g/mol. The Morgan fingerprint density at radius 1 is 1.31 bits per heavy atom. The molecule has 0 aliphatic rings. The van der Waals surface area contributed by atoms with Gasteiger partial charge in [-0.2, -0.15) is 0 Å². The largest absolute Gasteiger partial charge is 0.387 e. The highest BCUT2D eigenvalue weighted by Gasteiger charge is 2.18. The summed E-state index contributed by atoms with van der Waals surface area (Å²) in [7, 11) is 0. The van der Waals surface area contributed by atoms with Gasteiger partial charge in [0.2, 0.25) is 0 Å². The van der Waals surface area contributed by atoms with E-state index in [1.54, 1.807) is 25.1 Å². The number of aromatic nitrogens is 2. The van der Waals surface area contributed by atoms with Gasteiger partial charge in [0, 0.05) is 33.4 Å². The first-order valence-corrected chi connectivity index (χ1v) is 9.25. The van der Waals surface area contributed by atoms with Crippen LogP contribution in [0.1, 0.15) is 32.6 Å². The third-order valence-corrected chi connectivity index (χ3v) is 5.50. The van der Waals surface area contributed by atoms with Gasteiger partial charge in [0.25, 0.3) is 11.5 Å². The van der Waals surface area contributed by atoms with E-state index in [-0.39, 0.29) is 12.1 Å². The highest BCUT2D eigenvalue weighted by molar-refractivity contribution is 7.17. The average molecular weight is 412 g/mol. The van der Waals surface area contributed by atoms with Crippen LogP contribution in [0.4, 0.5) is 0 Å². The van der Waals surface area contributed by atoms with Crippen molar-refractivity contribution >= 4 is 45.4 Å². The number of thiazole rings is 1. The first kappa shape index (κ1) is 18.8. The molecule has 1 amide bonds. The molecular weight excluding hydrogens is 397 g/mol. The number of aryl methyl sites for hydroxylation is 2. The fourth-order valence-electron chi connectivity index (χ4n) is 2.50. The van der Waals surface area contributed by atoms with Crippen molar-refractivity contribution in [3.63, 3.8) is 0 Å². The maximum atomic E-state index is 12.6. The smallest absolute Gasteiger partial charge is 0.271 e. The molecule has 0 aliphatic heterocycles. The van der Waals surface area contributed by atoms with E-state index >= 15 is 0 Å². The molecule has 0 aliphatic carbocycles. The fraction of sp³-hybridized carbons (Fsp3) is 0.235. The summed E-state index contributed by atoms with van der Waals surface area (Å²) in [4.78, 5) is 30.6. The number of fused-ring (bicyclic) bond motifs is 1. The molecule has 2 aromatic heterocycles. The Morgan fingerprint density at radius 3 is 2.62 bits per heavy atom. The lowest BCUT2D eigenvalue weighted by Gasteiger charge is -2.13. The van der Waals surface area contributed by atoms with Crippen molar-refractivity contribution in [2.45, 2.75) is 20.0 Å². The van der Waals surface area contributed by atoms with Crippen LogP contribution in [0.15, 0.2) is 29.2 Å². The Bertz CT molecular complexity index is 1040. The minimum atomic E-state index is -1.01. The van der Waals surface area contributed by atoms with Gasteiger partial charge >= 0.3 is 0 Å². The number of benzene rings is 1. The summed E-state index contributed by atoms with van der Waals surface area (Å²) in [5, 5.41) is 13.5. The summed E-state index contributed by atoms with van der Waals surface area (Å²) < 4.78 is 1.42. The molecule has 9 heteroatoms. The number of aliphatic hydroxyl groups excluding tert-OH is 1. The molecule has 0 spiro atoms. The molecule has 0 bridgehead atoms. The van der Waals surface area contributed by atoms with E-state index < -0.39 is 17.6 Å². The SMILES string of the molecule is Cc1sc2ncc(C(=O)NC[C@H](O)c3cc(Cl)cc(Cl)c3)c(=O)n2c1C. The van der Waals surface area contributed by atoms with Gasteiger partial charge in [0.15, 0.2) is 4.96 Å². The lowest BCUT2D eigenvalue weighted by atomic mass is 10.1. The molecule has 3 rings (SSSR count). The van der Waals surface area contributed by atoms with Crippen LogP contribution in [0.5, 0.6) is 0 Å². The van der Waals surface area contributed by atoms with E-state index in [9.17, 15) is 14.7 Å². The number of carbonyl (C=O) groups excluding carboxylic acids is 1. The molecule has 3 aromatic rings. The number of hydrogen-bond acceptors (Lipinski definition) is 5. The zero-order valence-electron chi connectivity index (χ0n) is 13.9. The molecule has 136 valence electrons. The van der Waals surface area contributed by atoms with Gasteiger partial charge in [-0.05, 0) is 37.6 Å². The number of rotatable bonds is 4. The van der Waals surface area contributed by atoms with Crippen LogP contribution in [0, 0.1) is 13.8 Å². The summed E-state index contributed by atoms with van der Waals surface area (Å²) >= 11 is 13.2. The van der Waals surface area contributed by atoms with E-state index in [2.05, 4.69) is 10.3 Å². The van der Waals surface area contributed by atoms with Gasteiger partial charge in [-0.15, -0.1) is 11.3 Å².